The number of nitrogens with zero attached hydrogens (tertiary/aromatic N) is 4. The number of thioether (sulfide) groups is 1. The zero-order chi connectivity index (χ0) is 25.7. The van der Waals surface area contributed by atoms with Crippen molar-refractivity contribution in [2.45, 2.75) is 24.2 Å². The highest BCUT2D eigenvalue weighted by atomic mass is 35.5. The fourth-order valence-corrected chi connectivity index (χ4v) is 4.53. The predicted molar refractivity (Wildman–Crippen MR) is 132 cm³/mol. The third-order valence-corrected chi connectivity index (χ3v) is 6.53. The third kappa shape index (κ3) is 6.64. The van der Waals surface area contributed by atoms with Gasteiger partial charge in [0.2, 0.25) is 0 Å². The number of rotatable bonds is 8. The molecule has 0 N–H and O–H groups in total. The van der Waals surface area contributed by atoms with Gasteiger partial charge in [-0.3, -0.25) is 4.79 Å². The summed E-state index contributed by atoms with van der Waals surface area (Å²) in [4.78, 5) is 24.6. The molecule has 2 heterocycles. The molecule has 186 valence electrons. The molecule has 0 aliphatic rings. The highest BCUT2D eigenvalue weighted by Gasteiger charge is 2.33. The van der Waals surface area contributed by atoms with Gasteiger partial charge >= 0.3 is 6.18 Å². The number of halogens is 4. The van der Waals surface area contributed by atoms with E-state index in [4.69, 9.17) is 16.3 Å². The van der Waals surface area contributed by atoms with Crippen LogP contribution < -0.4 is 10.3 Å². The van der Waals surface area contributed by atoms with E-state index in [0.717, 1.165) is 23.3 Å². The van der Waals surface area contributed by atoms with Crippen LogP contribution in [0.25, 0.3) is 0 Å². The van der Waals surface area contributed by atoms with Crippen LogP contribution >= 0.6 is 23.4 Å². The molecule has 0 amide bonds. The van der Waals surface area contributed by atoms with E-state index in [1.54, 1.807) is 30.7 Å². The van der Waals surface area contributed by atoms with E-state index >= 15 is 0 Å². The molecule has 4 rings (SSSR count). The minimum atomic E-state index is -4.56. The topological polar surface area (TPSA) is 69.9 Å². The summed E-state index contributed by atoms with van der Waals surface area (Å²) in [6, 6.07) is 10.5. The first-order valence-electron chi connectivity index (χ1n) is 10.8. The molecule has 11 heteroatoms. The average Bonchev–Trinajstić information content (AvgIpc) is 2.84. The molecule has 6 nitrogen and oxygen atoms in total. The zero-order valence-electron chi connectivity index (χ0n) is 19.0. The second-order valence-electron chi connectivity index (χ2n) is 7.87. The van der Waals surface area contributed by atoms with Gasteiger partial charge in [0.05, 0.1) is 10.6 Å². The van der Waals surface area contributed by atoms with Crippen LogP contribution in [0.2, 0.25) is 5.02 Å². The number of ether oxygens (including phenoxy) is 1. The van der Waals surface area contributed by atoms with Gasteiger partial charge in [-0.15, -0.1) is 0 Å². The molecule has 4 aromatic rings. The van der Waals surface area contributed by atoms with Crippen LogP contribution in [-0.4, -0.2) is 25.3 Å². The molecule has 0 saturated carbocycles. The van der Waals surface area contributed by atoms with Gasteiger partial charge in [-0.1, -0.05) is 35.5 Å². The maximum Gasteiger partial charge on any atom is 0.417 e. The van der Waals surface area contributed by atoms with Crippen LogP contribution in [0.1, 0.15) is 22.3 Å². The Balaban J connectivity index is 1.34. The van der Waals surface area contributed by atoms with Gasteiger partial charge < -0.3 is 9.30 Å². The maximum absolute atomic E-state index is 13.0. The number of hydrogen-bond donors (Lipinski definition) is 0. The summed E-state index contributed by atoms with van der Waals surface area (Å²) in [7, 11) is 1.84. The lowest BCUT2D eigenvalue weighted by atomic mass is 10.1. The fourth-order valence-electron chi connectivity index (χ4n) is 3.38. The molecule has 2 aromatic heterocycles. The van der Waals surface area contributed by atoms with Crippen molar-refractivity contribution in [1.82, 2.24) is 19.5 Å². The summed E-state index contributed by atoms with van der Waals surface area (Å²) in [5.74, 6) is 1.13. The Labute approximate surface area is 214 Å². The summed E-state index contributed by atoms with van der Waals surface area (Å²) in [6.07, 6.45) is 3.09. The summed E-state index contributed by atoms with van der Waals surface area (Å²) in [5, 5.41) is 0.228. The predicted octanol–water partition coefficient (Wildman–Crippen LogP) is 5.96. The fraction of sp³-hybridized carbons (Fsp3) is 0.200. The van der Waals surface area contributed by atoms with Crippen LogP contribution in [-0.2, 0) is 26.1 Å². The van der Waals surface area contributed by atoms with E-state index in [1.165, 1.54) is 24.2 Å². The van der Waals surface area contributed by atoms with E-state index in [0.29, 0.717) is 35.1 Å². The maximum atomic E-state index is 13.0. The molecule has 0 aliphatic carbocycles. The number of benzene rings is 2. The Morgan fingerprint density at radius 3 is 2.42 bits per heavy atom. The largest absolute Gasteiger partial charge is 0.457 e. The van der Waals surface area contributed by atoms with E-state index in [9.17, 15) is 18.0 Å². The Hall–Kier alpha value is -3.37. The molecule has 36 heavy (non-hydrogen) atoms. The molecule has 0 unspecified atom stereocenters. The lowest BCUT2D eigenvalue weighted by Gasteiger charge is -2.12. The van der Waals surface area contributed by atoms with E-state index in [1.807, 2.05) is 23.7 Å². The summed E-state index contributed by atoms with van der Waals surface area (Å²) >= 11 is 7.11. The minimum absolute atomic E-state index is 0.0465. The number of alkyl halides is 3. The van der Waals surface area contributed by atoms with Gasteiger partial charge in [0.25, 0.3) is 5.56 Å². The second-order valence-corrected chi connectivity index (χ2v) is 9.34. The van der Waals surface area contributed by atoms with Gasteiger partial charge in [-0.2, -0.15) is 18.2 Å². The Morgan fingerprint density at radius 1 is 1.03 bits per heavy atom. The molecule has 0 aliphatic heterocycles. The van der Waals surface area contributed by atoms with Crippen molar-refractivity contribution in [2.75, 3.05) is 5.75 Å². The summed E-state index contributed by atoms with van der Waals surface area (Å²) in [5.41, 5.74) is 1.18. The normalized spacial score (nSPS) is 11.5. The van der Waals surface area contributed by atoms with Crippen LogP contribution in [0.4, 0.5) is 13.2 Å². The lowest BCUT2D eigenvalue weighted by Crippen LogP contribution is -2.18. The van der Waals surface area contributed by atoms with Gasteiger partial charge in [0.15, 0.2) is 5.16 Å². The van der Waals surface area contributed by atoms with Crippen molar-refractivity contribution in [2.24, 2.45) is 7.05 Å². The molecule has 2 aromatic carbocycles. The van der Waals surface area contributed by atoms with Crippen molar-refractivity contribution < 1.29 is 17.9 Å². The van der Waals surface area contributed by atoms with Crippen molar-refractivity contribution in [3.63, 3.8) is 0 Å². The van der Waals surface area contributed by atoms with Crippen LogP contribution in [0, 0.1) is 0 Å². The van der Waals surface area contributed by atoms with Crippen molar-refractivity contribution in [3.8, 4) is 11.5 Å². The van der Waals surface area contributed by atoms with Crippen molar-refractivity contribution >= 4 is 23.4 Å². The molecule has 0 bridgehead atoms. The summed E-state index contributed by atoms with van der Waals surface area (Å²) < 4.78 is 46.5. The Bertz CT molecular complexity index is 1400. The third-order valence-electron chi connectivity index (χ3n) is 5.16. The lowest BCUT2D eigenvalue weighted by molar-refractivity contribution is -0.137. The Kier molecular flexibility index (Phi) is 7.95. The summed E-state index contributed by atoms with van der Waals surface area (Å²) in [6.45, 7) is 0. The monoisotopic (exact) mass is 532 g/mol. The highest BCUT2D eigenvalue weighted by Crippen LogP contribution is 2.37. The van der Waals surface area contributed by atoms with Gasteiger partial charge in [-0.25, -0.2) is 9.97 Å². The first-order chi connectivity index (χ1) is 17.2. The van der Waals surface area contributed by atoms with Crippen molar-refractivity contribution in [1.29, 1.82) is 0 Å². The van der Waals surface area contributed by atoms with Gasteiger partial charge in [0, 0.05) is 43.4 Å². The molecule has 0 atom stereocenters. The highest BCUT2D eigenvalue weighted by molar-refractivity contribution is 7.99. The van der Waals surface area contributed by atoms with Crippen molar-refractivity contribution in [3.05, 3.63) is 105 Å². The average molecular weight is 533 g/mol. The first-order valence-corrected chi connectivity index (χ1v) is 12.1. The van der Waals surface area contributed by atoms with Gasteiger partial charge in [0.1, 0.15) is 17.8 Å². The van der Waals surface area contributed by atoms with E-state index in [2.05, 4.69) is 15.0 Å². The smallest absolute Gasteiger partial charge is 0.417 e. The molecule has 0 radical (unpaired) electrons. The van der Waals surface area contributed by atoms with Gasteiger partial charge in [-0.05, 0) is 47.9 Å². The van der Waals surface area contributed by atoms with E-state index in [-0.39, 0.29) is 16.3 Å². The minimum Gasteiger partial charge on any atom is -0.457 e. The van der Waals surface area contributed by atoms with Crippen LogP contribution in [0.15, 0.2) is 77.3 Å². The molecular formula is C25H20ClF3N4O2S. The van der Waals surface area contributed by atoms with Crippen LogP contribution in [0.5, 0.6) is 11.5 Å². The van der Waals surface area contributed by atoms with E-state index < -0.39 is 11.7 Å². The van der Waals surface area contributed by atoms with Crippen LogP contribution in [0.3, 0.4) is 0 Å². The standard InChI is InChI=1S/C25H20ClF3N4O2S/c1-33-14-18(10-17-12-30-15-31-13-17)23(34)32-24(33)36-9-8-16-2-4-19(5-3-16)35-20-6-7-22(26)21(11-20)25(27,28)29/h2-7,11-15H,8-10H2,1H3. The Morgan fingerprint density at radius 2 is 1.72 bits per heavy atom. The molecular weight excluding hydrogens is 513 g/mol. The molecule has 0 fully saturated rings. The second kappa shape index (κ2) is 11.1. The number of aryl methyl sites for hydroxylation is 2. The zero-order valence-corrected chi connectivity index (χ0v) is 20.6. The molecule has 0 spiro atoms. The number of aromatic nitrogens is 4. The quantitative estimate of drug-likeness (QED) is 0.206. The number of hydrogen-bond acceptors (Lipinski definition) is 6. The first kappa shape index (κ1) is 25.7. The molecule has 0 saturated heterocycles. The SMILES string of the molecule is Cn1cc(Cc2cncnc2)c(=O)nc1SCCc1ccc(Oc2ccc(Cl)c(C(F)(F)F)c2)cc1.